The lowest BCUT2D eigenvalue weighted by Gasteiger charge is -2.10. The average molecular weight is 384 g/mol. The molecule has 0 heterocycles. The van der Waals surface area contributed by atoms with Gasteiger partial charge in [-0.25, -0.2) is 0 Å². The summed E-state index contributed by atoms with van der Waals surface area (Å²) >= 11 is 6.76. The third kappa shape index (κ3) is 3.36. The summed E-state index contributed by atoms with van der Waals surface area (Å²) in [5.41, 5.74) is 8.57. The number of carbonyl (C=O) groups is 1. The van der Waals surface area contributed by atoms with Gasteiger partial charge in [0.2, 0.25) is 0 Å². The molecular weight excluding hydrogens is 372 g/mol. The monoisotopic (exact) mass is 382 g/mol. The van der Waals surface area contributed by atoms with E-state index in [2.05, 4.69) is 37.2 Å². The molecule has 2 aromatic rings. The Hall–Kier alpha value is -1.33. The molecule has 0 atom stereocenters. The van der Waals surface area contributed by atoms with Gasteiger partial charge in [-0.15, -0.1) is 0 Å². The maximum Gasteiger partial charge on any atom is 0.256 e. The summed E-state index contributed by atoms with van der Waals surface area (Å²) in [7, 11) is 0. The van der Waals surface area contributed by atoms with Crippen LogP contribution in [0.1, 0.15) is 15.9 Å². The molecule has 0 aliphatic carbocycles. The highest BCUT2D eigenvalue weighted by molar-refractivity contribution is 9.11. The first-order valence-corrected chi connectivity index (χ1v) is 7.18. The van der Waals surface area contributed by atoms with Crippen LogP contribution in [0.15, 0.2) is 45.3 Å². The zero-order chi connectivity index (χ0) is 14.0. The lowest BCUT2D eigenvalue weighted by Crippen LogP contribution is -2.13. The van der Waals surface area contributed by atoms with E-state index in [4.69, 9.17) is 5.73 Å². The maximum atomic E-state index is 12.2. The molecule has 5 heteroatoms. The summed E-state index contributed by atoms with van der Waals surface area (Å²) in [6.07, 6.45) is 0. The van der Waals surface area contributed by atoms with E-state index in [0.29, 0.717) is 15.7 Å². The highest BCUT2D eigenvalue weighted by atomic mass is 79.9. The maximum absolute atomic E-state index is 12.2. The van der Waals surface area contributed by atoms with Crippen LogP contribution in [0.5, 0.6) is 0 Å². The average Bonchev–Trinajstić information content (AvgIpc) is 2.36. The van der Waals surface area contributed by atoms with Crippen molar-refractivity contribution in [1.29, 1.82) is 0 Å². The van der Waals surface area contributed by atoms with E-state index in [1.807, 2.05) is 25.1 Å². The van der Waals surface area contributed by atoms with Gasteiger partial charge in [0, 0.05) is 14.6 Å². The van der Waals surface area contributed by atoms with Gasteiger partial charge in [-0.2, -0.15) is 0 Å². The zero-order valence-electron chi connectivity index (χ0n) is 10.2. The van der Waals surface area contributed by atoms with Gasteiger partial charge in [-0.3, -0.25) is 4.79 Å². The van der Waals surface area contributed by atoms with Crippen molar-refractivity contribution in [3.8, 4) is 0 Å². The Labute approximate surface area is 128 Å². The smallest absolute Gasteiger partial charge is 0.256 e. The number of nitrogen functional groups attached to an aromatic ring is 1. The number of aryl methyl sites for hydroxylation is 1. The van der Waals surface area contributed by atoms with Gasteiger partial charge in [-0.1, -0.05) is 6.07 Å². The van der Waals surface area contributed by atoms with Crippen LogP contribution >= 0.6 is 31.9 Å². The number of anilines is 2. The normalized spacial score (nSPS) is 10.3. The second-order valence-electron chi connectivity index (χ2n) is 4.18. The Balaban J connectivity index is 2.30. The fourth-order valence-corrected chi connectivity index (χ4v) is 2.41. The van der Waals surface area contributed by atoms with Crippen LogP contribution in [0, 0.1) is 6.92 Å². The van der Waals surface area contributed by atoms with E-state index in [0.717, 1.165) is 15.7 Å². The number of hydrogen-bond donors (Lipinski definition) is 2. The largest absolute Gasteiger partial charge is 0.399 e. The van der Waals surface area contributed by atoms with E-state index < -0.39 is 0 Å². The third-order valence-electron chi connectivity index (χ3n) is 2.61. The van der Waals surface area contributed by atoms with Crippen LogP contribution in [-0.2, 0) is 0 Å². The molecule has 3 nitrogen and oxygen atoms in total. The predicted octanol–water partition coefficient (Wildman–Crippen LogP) is 4.35. The van der Waals surface area contributed by atoms with E-state index >= 15 is 0 Å². The fraction of sp³-hybridized carbons (Fsp3) is 0.0714. The molecule has 0 saturated heterocycles. The number of amides is 1. The molecule has 0 aliphatic heterocycles. The Bertz CT molecular complexity index is 641. The molecule has 2 aromatic carbocycles. The van der Waals surface area contributed by atoms with Crippen LogP contribution in [0.4, 0.5) is 11.4 Å². The Morgan fingerprint density at radius 3 is 2.53 bits per heavy atom. The van der Waals surface area contributed by atoms with Crippen molar-refractivity contribution in [3.05, 3.63) is 56.5 Å². The van der Waals surface area contributed by atoms with Crippen molar-refractivity contribution in [2.24, 2.45) is 0 Å². The number of rotatable bonds is 2. The van der Waals surface area contributed by atoms with E-state index in [-0.39, 0.29) is 5.91 Å². The second-order valence-corrected chi connectivity index (χ2v) is 5.89. The first-order valence-electron chi connectivity index (χ1n) is 5.60. The first-order chi connectivity index (χ1) is 8.97. The predicted molar refractivity (Wildman–Crippen MR) is 85.4 cm³/mol. The van der Waals surface area contributed by atoms with Gasteiger partial charge < -0.3 is 11.1 Å². The first kappa shape index (κ1) is 14.1. The van der Waals surface area contributed by atoms with Crippen molar-refractivity contribution < 1.29 is 4.79 Å². The molecule has 0 bridgehead atoms. The number of nitrogens with one attached hydrogen (secondary N) is 1. The topological polar surface area (TPSA) is 55.1 Å². The van der Waals surface area contributed by atoms with Gasteiger partial charge in [-0.05, 0) is 74.7 Å². The minimum atomic E-state index is -0.203. The number of halogens is 2. The van der Waals surface area contributed by atoms with E-state index in [1.165, 1.54) is 0 Å². The van der Waals surface area contributed by atoms with Crippen LogP contribution in [-0.4, -0.2) is 5.91 Å². The summed E-state index contributed by atoms with van der Waals surface area (Å²) in [5.74, 6) is -0.203. The summed E-state index contributed by atoms with van der Waals surface area (Å²) in [5, 5.41) is 2.86. The lowest BCUT2D eigenvalue weighted by molar-refractivity contribution is 0.102. The van der Waals surface area contributed by atoms with E-state index in [9.17, 15) is 4.79 Å². The molecule has 19 heavy (non-hydrogen) atoms. The number of hydrogen-bond acceptors (Lipinski definition) is 2. The standard InChI is InChI=1S/C14H12Br2N2O/c1-8-2-4-12(16)13(6-8)18-14(19)10-7-9(17)3-5-11(10)15/h2-7H,17H2,1H3,(H,18,19). The van der Waals surface area contributed by atoms with Crippen LogP contribution in [0.25, 0.3) is 0 Å². The minimum absolute atomic E-state index is 0.203. The summed E-state index contributed by atoms with van der Waals surface area (Å²) in [4.78, 5) is 12.2. The molecule has 0 radical (unpaired) electrons. The molecule has 2 rings (SSSR count). The van der Waals surface area contributed by atoms with Crippen molar-refractivity contribution >= 4 is 49.1 Å². The third-order valence-corrected chi connectivity index (χ3v) is 3.99. The summed E-state index contributed by atoms with van der Waals surface area (Å²) in [6, 6.07) is 10.9. The SMILES string of the molecule is Cc1ccc(Br)c(NC(=O)c2cc(N)ccc2Br)c1. The molecule has 0 fully saturated rings. The highest BCUT2D eigenvalue weighted by Gasteiger charge is 2.12. The molecule has 1 amide bonds. The fourth-order valence-electron chi connectivity index (χ4n) is 1.64. The summed E-state index contributed by atoms with van der Waals surface area (Å²) < 4.78 is 1.55. The van der Waals surface area contributed by atoms with Crippen molar-refractivity contribution in [3.63, 3.8) is 0 Å². The number of nitrogens with two attached hydrogens (primary N) is 1. The molecule has 3 N–H and O–H groups in total. The molecule has 0 saturated carbocycles. The van der Waals surface area contributed by atoms with Gasteiger partial charge in [0.15, 0.2) is 0 Å². The second kappa shape index (κ2) is 5.75. The summed E-state index contributed by atoms with van der Waals surface area (Å²) in [6.45, 7) is 1.97. The quantitative estimate of drug-likeness (QED) is 0.757. The highest BCUT2D eigenvalue weighted by Crippen LogP contribution is 2.26. The lowest BCUT2D eigenvalue weighted by atomic mass is 10.1. The van der Waals surface area contributed by atoms with Gasteiger partial charge in [0.1, 0.15) is 0 Å². The zero-order valence-corrected chi connectivity index (χ0v) is 13.4. The van der Waals surface area contributed by atoms with E-state index in [1.54, 1.807) is 18.2 Å². The molecule has 0 aromatic heterocycles. The van der Waals surface area contributed by atoms with Crippen LogP contribution in [0.3, 0.4) is 0 Å². The Morgan fingerprint density at radius 1 is 1.11 bits per heavy atom. The van der Waals surface area contributed by atoms with Crippen molar-refractivity contribution in [2.45, 2.75) is 6.92 Å². The Kier molecular flexibility index (Phi) is 4.27. The Morgan fingerprint density at radius 2 is 1.79 bits per heavy atom. The number of benzene rings is 2. The van der Waals surface area contributed by atoms with Crippen molar-refractivity contribution in [2.75, 3.05) is 11.1 Å². The molecular formula is C14H12Br2N2O. The number of carbonyl (C=O) groups excluding carboxylic acids is 1. The van der Waals surface area contributed by atoms with Crippen molar-refractivity contribution in [1.82, 2.24) is 0 Å². The van der Waals surface area contributed by atoms with Crippen LogP contribution < -0.4 is 11.1 Å². The van der Waals surface area contributed by atoms with Crippen LogP contribution in [0.2, 0.25) is 0 Å². The van der Waals surface area contributed by atoms with Gasteiger partial charge in [0.25, 0.3) is 5.91 Å². The molecule has 0 spiro atoms. The van der Waals surface area contributed by atoms with Gasteiger partial charge >= 0.3 is 0 Å². The molecule has 0 unspecified atom stereocenters. The van der Waals surface area contributed by atoms with Gasteiger partial charge in [0.05, 0.1) is 11.3 Å². The molecule has 0 aliphatic rings. The molecule has 98 valence electrons. The minimum Gasteiger partial charge on any atom is -0.399 e.